The number of halogens is 1. The molecule has 0 aliphatic heterocycles. The summed E-state index contributed by atoms with van der Waals surface area (Å²) in [4.78, 5) is 22.8. The summed E-state index contributed by atoms with van der Waals surface area (Å²) in [5.74, 6) is -2.81. The number of sulfone groups is 1. The summed E-state index contributed by atoms with van der Waals surface area (Å²) in [6, 6.07) is 10.3. The molecule has 0 bridgehead atoms. The quantitative estimate of drug-likeness (QED) is 0.350. The Kier molecular flexibility index (Phi) is 6.83. The lowest BCUT2D eigenvalue weighted by Gasteiger charge is -2.08. The topological polar surface area (TPSA) is 111 Å². The number of hydrazone groups is 1. The highest BCUT2D eigenvalue weighted by Crippen LogP contribution is 2.18. The fourth-order valence-electron chi connectivity index (χ4n) is 2.08. The SMILES string of the molecule is CCOC(=O)c1ccc(N/N=C(/C(=O)OC)S(=O)(=O)c2ccccc2F)cc1. The first-order valence-corrected chi connectivity index (χ1v) is 9.48. The van der Waals surface area contributed by atoms with Crippen molar-refractivity contribution in [3.63, 3.8) is 0 Å². The molecule has 2 aromatic rings. The minimum absolute atomic E-state index is 0.222. The van der Waals surface area contributed by atoms with Crippen LogP contribution in [0.2, 0.25) is 0 Å². The molecule has 0 spiro atoms. The van der Waals surface area contributed by atoms with E-state index in [-0.39, 0.29) is 17.9 Å². The molecule has 0 saturated carbocycles. The Morgan fingerprint density at radius 3 is 2.32 bits per heavy atom. The largest absolute Gasteiger partial charge is 0.464 e. The van der Waals surface area contributed by atoms with Gasteiger partial charge >= 0.3 is 11.9 Å². The third-order valence-corrected chi connectivity index (χ3v) is 5.10. The van der Waals surface area contributed by atoms with E-state index in [1.807, 2.05) is 0 Å². The average molecular weight is 408 g/mol. The molecule has 0 fully saturated rings. The number of benzene rings is 2. The molecule has 0 aliphatic rings. The minimum atomic E-state index is -4.58. The van der Waals surface area contributed by atoms with Gasteiger partial charge in [-0.05, 0) is 43.3 Å². The van der Waals surface area contributed by atoms with Gasteiger partial charge in [0.1, 0.15) is 10.7 Å². The number of esters is 2. The summed E-state index contributed by atoms with van der Waals surface area (Å²) in [6.45, 7) is 1.90. The lowest BCUT2D eigenvalue weighted by atomic mass is 10.2. The molecule has 1 N–H and O–H groups in total. The number of carbonyl (C=O) groups is 2. The fourth-order valence-corrected chi connectivity index (χ4v) is 3.34. The Bertz CT molecular complexity index is 1000. The van der Waals surface area contributed by atoms with E-state index in [2.05, 4.69) is 15.3 Å². The van der Waals surface area contributed by atoms with Crippen molar-refractivity contribution in [1.29, 1.82) is 0 Å². The molecule has 0 unspecified atom stereocenters. The van der Waals surface area contributed by atoms with Gasteiger partial charge in [-0.2, -0.15) is 5.10 Å². The number of ether oxygens (including phenoxy) is 2. The number of hydrogen-bond acceptors (Lipinski definition) is 8. The van der Waals surface area contributed by atoms with E-state index in [1.165, 1.54) is 36.4 Å². The lowest BCUT2D eigenvalue weighted by Crippen LogP contribution is -2.27. The zero-order valence-corrected chi connectivity index (χ0v) is 15.8. The van der Waals surface area contributed by atoms with Crippen molar-refractivity contribution in [3.8, 4) is 0 Å². The molecule has 0 saturated heterocycles. The van der Waals surface area contributed by atoms with Gasteiger partial charge in [0.2, 0.25) is 9.84 Å². The molecule has 0 aromatic heterocycles. The van der Waals surface area contributed by atoms with E-state index in [0.717, 1.165) is 19.2 Å². The third kappa shape index (κ3) is 4.71. The Labute approximate surface area is 160 Å². The van der Waals surface area contributed by atoms with Crippen molar-refractivity contribution in [2.75, 3.05) is 19.1 Å². The first kappa shape index (κ1) is 21.0. The monoisotopic (exact) mass is 408 g/mol. The molecule has 0 atom stereocenters. The van der Waals surface area contributed by atoms with Crippen molar-refractivity contribution >= 4 is 32.5 Å². The molecule has 148 valence electrons. The number of nitrogens with zero attached hydrogens (tertiary/aromatic N) is 1. The Morgan fingerprint density at radius 1 is 1.11 bits per heavy atom. The Balaban J connectivity index is 2.34. The van der Waals surface area contributed by atoms with Crippen LogP contribution in [0.3, 0.4) is 0 Å². The highest BCUT2D eigenvalue weighted by atomic mass is 32.2. The second-order valence-corrected chi connectivity index (χ2v) is 7.09. The van der Waals surface area contributed by atoms with Crippen LogP contribution in [-0.4, -0.2) is 39.1 Å². The van der Waals surface area contributed by atoms with E-state index in [0.29, 0.717) is 0 Å². The molecule has 2 aromatic carbocycles. The first-order valence-electron chi connectivity index (χ1n) is 8.00. The van der Waals surface area contributed by atoms with Crippen LogP contribution in [0.1, 0.15) is 17.3 Å². The van der Waals surface area contributed by atoms with Crippen molar-refractivity contribution in [2.24, 2.45) is 5.10 Å². The van der Waals surface area contributed by atoms with Gasteiger partial charge in [-0.15, -0.1) is 0 Å². The molecule has 8 nitrogen and oxygen atoms in total. The van der Waals surface area contributed by atoms with E-state index in [4.69, 9.17) is 4.74 Å². The van der Waals surface area contributed by atoms with E-state index in [9.17, 15) is 22.4 Å². The van der Waals surface area contributed by atoms with Crippen LogP contribution < -0.4 is 5.43 Å². The highest BCUT2D eigenvalue weighted by molar-refractivity contribution is 8.08. The standard InChI is InChI=1S/C18H17FN2O6S/c1-3-27-17(22)12-8-10-13(11-9-12)20-21-16(18(23)26-2)28(24,25)15-7-5-4-6-14(15)19/h4-11,20H,3H2,1-2H3/b21-16-. The van der Waals surface area contributed by atoms with E-state index in [1.54, 1.807) is 6.92 Å². The van der Waals surface area contributed by atoms with Gasteiger partial charge in [0.05, 0.1) is 25.0 Å². The van der Waals surface area contributed by atoms with Crippen LogP contribution in [0.25, 0.3) is 0 Å². The number of methoxy groups -OCH3 is 1. The number of hydrogen-bond donors (Lipinski definition) is 1. The van der Waals surface area contributed by atoms with Crippen molar-refractivity contribution in [3.05, 3.63) is 59.9 Å². The van der Waals surface area contributed by atoms with Crippen LogP contribution in [-0.2, 0) is 24.1 Å². The second kappa shape index (κ2) is 9.09. The zero-order valence-electron chi connectivity index (χ0n) is 15.0. The van der Waals surface area contributed by atoms with Gasteiger partial charge in [0, 0.05) is 0 Å². The number of anilines is 1. The van der Waals surface area contributed by atoms with Crippen LogP contribution in [0.5, 0.6) is 0 Å². The van der Waals surface area contributed by atoms with Gasteiger partial charge in [0.25, 0.3) is 5.04 Å². The molecule has 2 rings (SSSR count). The summed E-state index contributed by atoms with van der Waals surface area (Å²) in [5.41, 5.74) is 2.94. The van der Waals surface area contributed by atoms with Gasteiger partial charge in [-0.3, -0.25) is 5.43 Å². The molecule has 0 amide bonds. The van der Waals surface area contributed by atoms with E-state index >= 15 is 0 Å². The molecule has 10 heteroatoms. The minimum Gasteiger partial charge on any atom is -0.464 e. The van der Waals surface area contributed by atoms with Crippen molar-refractivity contribution in [1.82, 2.24) is 0 Å². The summed E-state index contributed by atoms with van der Waals surface area (Å²) in [6.07, 6.45) is 0. The molecular weight excluding hydrogens is 391 g/mol. The lowest BCUT2D eigenvalue weighted by molar-refractivity contribution is -0.132. The molecule has 28 heavy (non-hydrogen) atoms. The van der Waals surface area contributed by atoms with Crippen LogP contribution >= 0.6 is 0 Å². The van der Waals surface area contributed by atoms with Crippen LogP contribution in [0, 0.1) is 5.82 Å². The summed E-state index contributed by atoms with van der Waals surface area (Å²) >= 11 is 0. The van der Waals surface area contributed by atoms with Crippen molar-refractivity contribution in [2.45, 2.75) is 11.8 Å². The maximum atomic E-state index is 13.9. The summed E-state index contributed by atoms with van der Waals surface area (Å²) < 4.78 is 48.5. The number of nitrogens with one attached hydrogen (secondary N) is 1. The smallest absolute Gasteiger partial charge is 0.370 e. The van der Waals surface area contributed by atoms with Crippen molar-refractivity contribution < 1.29 is 31.9 Å². The van der Waals surface area contributed by atoms with Crippen LogP contribution in [0.4, 0.5) is 10.1 Å². The predicted molar refractivity (Wildman–Crippen MR) is 99.1 cm³/mol. The maximum absolute atomic E-state index is 13.9. The summed E-state index contributed by atoms with van der Waals surface area (Å²) in [7, 11) is -3.60. The normalized spacial score (nSPS) is 11.6. The molecule has 0 aliphatic carbocycles. The first-order chi connectivity index (χ1) is 13.3. The fraction of sp³-hybridized carbons (Fsp3) is 0.167. The van der Waals surface area contributed by atoms with Gasteiger partial charge in [0.15, 0.2) is 0 Å². The van der Waals surface area contributed by atoms with E-state index < -0.39 is 37.5 Å². The van der Waals surface area contributed by atoms with Gasteiger partial charge in [-0.25, -0.2) is 22.4 Å². The van der Waals surface area contributed by atoms with Gasteiger partial charge in [-0.1, -0.05) is 12.1 Å². The Morgan fingerprint density at radius 2 is 1.75 bits per heavy atom. The number of carbonyl (C=O) groups excluding carboxylic acids is 2. The number of rotatable bonds is 5. The van der Waals surface area contributed by atoms with Gasteiger partial charge < -0.3 is 9.47 Å². The average Bonchev–Trinajstić information content (AvgIpc) is 2.68. The molecule has 0 heterocycles. The summed E-state index contributed by atoms with van der Waals surface area (Å²) in [5, 5.41) is 2.57. The zero-order chi connectivity index (χ0) is 20.7. The predicted octanol–water partition coefficient (Wildman–Crippen LogP) is 2.37. The Hall–Kier alpha value is -3.27. The maximum Gasteiger partial charge on any atom is 0.370 e. The highest BCUT2D eigenvalue weighted by Gasteiger charge is 2.32. The second-order valence-electron chi connectivity index (χ2n) is 5.25. The molecular formula is C18H17FN2O6S. The molecule has 0 radical (unpaired) electrons. The third-order valence-electron chi connectivity index (χ3n) is 3.42. The van der Waals surface area contributed by atoms with Crippen LogP contribution in [0.15, 0.2) is 58.5 Å².